The second kappa shape index (κ2) is 18.1. The predicted molar refractivity (Wildman–Crippen MR) is 50.2 cm³/mol. The summed E-state index contributed by atoms with van der Waals surface area (Å²) in [7, 11) is 4.01. The summed E-state index contributed by atoms with van der Waals surface area (Å²) in [5, 5.41) is 7.00. The van der Waals surface area contributed by atoms with Crippen LogP contribution in [-0.2, 0) is 42.2 Å². The van der Waals surface area contributed by atoms with Crippen LogP contribution in [0, 0.1) is 6.26 Å². The van der Waals surface area contributed by atoms with Crippen LogP contribution < -0.4 is 0 Å². The molecule has 0 unspecified atom stereocenters. The number of hydrogen-bond donors (Lipinski definition) is 1. The zero-order valence-electron chi connectivity index (χ0n) is 7.28. The first-order chi connectivity index (χ1) is 5.27. The standard InChI is InChI=1S/C5H9O2S2.CH4O.Y/c1-5(6)7-3-4-9-8-2;1-2;/h2-4H2,1H3;2H,1H3;/q-1;;. The summed E-state index contributed by atoms with van der Waals surface area (Å²) in [5.74, 6) is 0.595. The van der Waals surface area contributed by atoms with Gasteiger partial charge in [-0.25, -0.2) is 0 Å². The van der Waals surface area contributed by atoms with Crippen molar-refractivity contribution in [2.24, 2.45) is 0 Å². The molecule has 12 heavy (non-hydrogen) atoms. The van der Waals surface area contributed by atoms with Gasteiger partial charge in [0.15, 0.2) is 0 Å². The van der Waals surface area contributed by atoms with Gasteiger partial charge in [0.25, 0.3) is 0 Å². The van der Waals surface area contributed by atoms with Gasteiger partial charge in [-0.05, 0) is 0 Å². The second-order valence-electron chi connectivity index (χ2n) is 1.28. The van der Waals surface area contributed by atoms with Crippen LogP contribution in [0.25, 0.3) is 0 Å². The van der Waals surface area contributed by atoms with Crippen LogP contribution in [-0.4, -0.2) is 30.5 Å². The summed E-state index contributed by atoms with van der Waals surface area (Å²) in [6.07, 6.45) is 3.54. The molecule has 0 atom stereocenters. The van der Waals surface area contributed by atoms with E-state index in [1.54, 1.807) is 10.8 Å². The minimum Gasteiger partial charge on any atom is -0.465 e. The maximum atomic E-state index is 10.2. The van der Waals surface area contributed by atoms with Crippen molar-refractivity contribution in [2.75, 3.05) is 19.5 Å². The number of carbonyl (C=O) groups is 1. The fourth-order valence-corrected chi connectivity index (χ4v) is 1.11. The molecular weight excluding hydrogens is 273 g/mol. The first kappa shape index (κ1) is 18.9. The van der Waals surface area contributed by atoms with E-state index in [0.717, 1.165) is 12.9 Å². The van der Waals surface area contributed by atoms with Crippen molar-refractivity contribution in [3.05, 3.63) is 6.26 Å². The fraction of sp³-hybridized carbons (Fsp3) is 0.667. The molecule has 0 spiro atoms. The average molecular weight is 286 g/mol. The van der Waals surface area contributed by atoms with Gasteiger partial charge in [0.1, 0.15) is 6.61 Å². The molecule has 71 valence electrons. The molecule has 0 aliphatic heterocycles. The van der Waals surface area contributed by atoms with Crippen molar-refractivity contribution in [3.8, 4) is 0 Å². The Morgan fingerprint density at radius 2 is 2.08 bits per heavy atom. The Labute approximate surface area is 107 Å². The number of aliphatic hydroxyl groups excluding tert-OH is 1. The summed E-state index contributed by atoms with van der Waals surface area (Å²) in [6.45, 7) is 1.89. The topological polar surface area (TPSA) is 46.5 Å². The molecule has 6 heteroatoms. The first-order valence-corrected chi connectivity index (χ1v) is 5.38. The van der Waals surface area contributed by atoms with E-state index in [1.165, 1.54) is 17.7 Å². The van der Waals surface area contributed by atoms with Gasteiger partial charge < -0.3 is 9.84 Å². The van der Waals surface area contributed by atoms with Gasteiger partial charge in [-0.1, -0.05) is 0 Å². The van der Waals surface area contributed by atoms with Crippen LogP contribution in [0.1, 0.15) is 6.92 Å². The average Bonchev–Trinajstić information content (AvgIpc) is 2.02. The van der Waals surface area contributed by atoms with Crippen molar-refractivity contribution < 1.29 is 47.3 Å². The molecule has 0 fully saturated rings. The van der Waals surface area contributed by atoms with E-state index in [1.807, 2.05) is 0 Å². The van der Waals surface area contributed by atoms with Gasteiger partial charge in [0.2, 0.25) is 0 Å². The van der Waals surface area contributed by atoms with Gasteiger partial charge in [0.05, 0.1) is 0 Å². The number of carbonyl (C=O) groups excluding carboxylic acids is 1. The van der Waals surface area contributed by atoms with Crippen molar-refractivity contribution in [1.29, 1.82) is 0 Å². The Kier molecular flexibility index (Phi) is 28.5. The Balaban J connectivity index is -0.000000249. The van der Waals surface area contributed by atoms with Crippen LogP contribution in [0.4, 0.5) is 0 Å². The van der Waals surface area contributed by atoms with Crippen LogP contribution in [0.5, 0.6) is 0 Å². The van der Waals surface area contributed by atoms with Gasteiger partial charge in [0, 0.05) is 52.5 Å². The molecule has 0 aliphatic carbocycles. The van der Waals surface area contributed by atoms with E-state index < -0.39 is 0 Å². The molecule has 0 heterocycles. The monoisotopic (exact) mass is 286 g/mol. The Bertz CT molecular complexity index is 92.9. The number of hydrogen-bond acceptors (Lipinski definition) is 5. The molecule has 1 N–H and O–H groups in total. The number of ether oxygens (including phenoxy) is 1. The molecule has 0 aromatic carbocycles. The first-order valence-electron chi connectivity index (χ1n) is 2.89. The van der Waals surface area contributed by atoms with E-state index in [-0.39, 0.29) is 38.7 Å². The second-order valence-corrected chi connectivity index (χ2v) is 3.57. The predicted octanol–water partition coefficient (Wildman–Crippen LogP) is 1.33. The van der Waals surface area contributed by atoms with Crippen molar-refractivity contribution in [2.45, 2.75) is 6.92 Å². The maximum absolute atomic E-state index is 10.2. The minimum atomic E-state index is -0.218. The fourth-order valence-electron chi connectivity index (χ4n) is 0.278. The van der Waals surface area contributed by atoms with Crippen molar-refractivity contribution >= 4 is 27.6 Å². The van der Waals surface area contributed by atoms with Crippen LogP contribution in [0.3, 0.4) is 0 Å². The van der Waals surface area contributed by atoms with E-state index in [0.29, 0.717) is 6.61 Å². The summed E-state index contributed by atoms with van der Waals surface area (Å²) in [6, 6.07) is 0. The number of aliphatic hydroxyl groups is 1. The molecule has 0 saturated heterocycles. The third-order valence-electron chi connectivity index (χ3n) is 0.555. The SMILES string of the molecule is CO.[CH2-]SSCCOC(C)=O.[Y]. The van der Waals surface area contributed by atoms with Crippen LogP contribution in [0.15, 0.2) is 0 Å². The molecule has 1 radical (unpaired) electrons. The Morgan fingerprint density at radius 1 is 1.58 bits per heavy atom. The molecule has 0 rings (SSSR count). The molecule has 0 aromatic rings. The maximum Gasteiger partial charge on any atom is 0.302 e. The molecule has 0 saturated carbocycles. The van der Waals surface area contributed by atoms with Gasteiger partial charge in [-0.15, -0.1) is 10.8 Å². The molecule has 0 amide bonds. The van der Waals surface area contributed by atoms with Gasteiger partial charge in [-0.2, -0.15) is 0 Å². The normalized spacial score (nSPS) is 7.33. The third kappa shape index (κ3) is 22.5. The van der Waals surface area contributed by atoms with E-state index in [2.05, 4.69) is 11.0 Å². The zero-order valence-corrected chi connectivity index (χ0v) is 11.8. The summed E-state index contributed by atoms with van der Waals surface area (Å²) >= 11 is 0. The summed E-state index contributed by atoms with van der Waals surface area (Å²) in [4.78, 5) is 10.2. The van der Waals surface area contributed by atoms with Crippen molar-refractivity contribution in [1.82, 2.24) is 0 Å². The minimum absolute atomic E-state index is 0. The van der Waals surface area contributed by atoms with Gasteiger partial charge in [-0.3, -0.25) is 21.8 Å². The molecule has 0 aromatic heterocycles. The van der Waals surface area contributed by atoms with Gasteiger partial charge >= 0.3 is 5.97 Å². The largest absolute Gasteiger partial charge is 0.465 e. The zero-order chi connectivity index (χ0) is 9.11. The molecule has 3 nitrogen and oxygen atoms in total. The molecule has 0 bridgehead atoms. The smallest absolute Gasteiger partial charge is 0.302 e. The van der Waals surface area contributed by atoms with E-state index in [9.17, 15) is 4.79 Å². The summed E-state index contributed by atoms with van der Waals surface area (Å²) in [5.41, 5.74) is 0. The number of esters is 1. The van der Waals surface area contributed by atoms with Crippen LogP contribution >= 0.6 is 21.6 Å². The van der Waals surface area contributed by atoms with Crippen LogP contribution in [0.2, 0.25) is 0 Å². The quantitative estimate of drug-likeness (QED) is 0.365. The van der Waals surface area contributed by atoms with E-state index in [4.69, 9.17) is 5.11 Å². The number of rotatable bonds is 4. The molecule has 0 aliphatic rings. The Hall–Kier alpha value is 1.23. The summed E-state index contributed by atoms with van der Waals surface area (Å²) < 4.78 is 4.64. The Morgan fingerprint density at radius 3 is 2.42 bits per heavy atom. The van der Waals surface area contributed by atoms with Crippen molar-refractivity contribution in [3.63, 3.8) is 0 Å². The third-order valence-corrected chi connectivity index (χ3v) is 2.06. The van der Waals surface area contributed by atoms with E-state index >= 15 is 0 Å². The molecular formula is C6H13O3S2Y-.